The van der Waals surface area contributed by atoms with Gasteiger partial charge in [0.05, 0.1) is 5.25 Å². The van der Waals surface area contributed by atoms with E-state index in [1.54, 1.807) is 24.0 Å². The lowest BCUT2D eigenvalue weighted by Gasteiger charge is -2.08. The number of pyridine rings is 1. The van der Waals surface area contributed by atoms with Gasteiger partial charge >= 0.3 is 0 Å². The molecule has 0 bridgehead atoms. The van der Waals surface area contributed by atoms with Crippen molar-refractivity contribution < 1.29 is 4.79 Å². The molecule has 1 aromatic rings. The highest BCUT2D eigenvalue weighted by molar-refractivity contribution is 8.00. The number of nitrogens with zero attached hydrogens (tertiary/aromatic N) is 1. The van der Waals surface area contributed by atoms with Gasteiger partial charge in [0.2, 0.25) is 5.91 Å². The first-order chi connectivity index (χ1) is 6.86. The standard InChI is InChI=1S/C10H12N2OS/c13-10(8-4-3-7-14-8)12-9-5-1-2-6-11-9/h1-2,5-6,8H,3-4,7H2,(H,11,12,13). The molecule has 1 aliphatic rings. The molecule has 1 aromatic heterocycles. The van der Waals surface area contributed by atoms with Gasteiger partial charge in [-0.05, 0) is 30.7 Å². The molecule has 1 saturated heterocycles. The number of carbonyl (C=O) groups excluding carboxylic acids is 1. The molecule has 1 fully saturated rings. The highest BCUT2D eigenvalue weighted by Crippen LogP contribution is 2.26. The summed E-state index contributed by atoms with van der Waals surface area (Å²) in [5.74, 6) is 1.83. The van der Waals surface area contributed by atoms with Gasteiger partial charge in [-0.15, -0.1) is 11.8 Å². The third-order valence-electron chi connectivity index (χ3n) is 2.14. The topological polar surface area (TPSA) is 42.0 Å². The quantitative estimate of drug-likeness (QED) is 0.807. The average molecular weight is 208 g/mol. The Morgan fingerprint density at radius 1 is 1.57 bits per heavy atom. The molecule has 0 saturated carbocycles. The van der Waals surface area contributed by atoms with E-state index >= 15 is 0 Å². The second kappa shape index (κ2) is 4.46. The number of amides is 1. The van der Waals surface area contributed by atoms with Gasteiger partial charge in [-0.1, -0.05) is 6.07 Å². The molecule has 0 aromatic carbocycles. The van der Waals surface area contributed by atoms with Crippen LogP contribution in [0.3, 0.4) is 0 Å². The van der Waals surface area contributed by atoms with Gasteiger partial charge in [-0.25, -0.2) is 4.98 Å². The zero-order valence-electron chi connectivity index (χ0n) is 7.77. The van der Waals surface area contributed by atoms with E-state index in [1.165, 1.54) is 0 Å². The van der Waals surface area contributed by atoms with E-state index in [-0.39, 0.29) is 11.2 Å². The maximum atomic E-state index is 11.6. The van der Waals surface area contributed by atoms with Gasteiger partial charge in [0, 0.05) is 6.20 Å². The minimum absolute atomic E-state index is 0.0891. The van der Waals surface area contributed by atoms with E-state index in [4.69, 9.17) is 0 Å². The summed E-state index contributed by atoms with van der Waals surface area (Å²) in [4.78, 5) is 15.7. The van der Waals surface area contributed by atoms with Crippen LogP contribution in [0.2, 0.25) is 0 Å². The summed E-state index contributed by atoms with van der Waals surface area (Å²) in [6.45, 7) is 0. The molecule has 2 heterocycles. The molecule has 0 spiro atoms. The molecule has 1 unspecified atom stereocenters. The molecule has 1 aliphatic heterocycles. The van der Waals surface area contributed by atoms with E-state index in [1.807, 2.05) is 12.1 Å². The minimum Gasteiger partial charge on any atom is -0.310 e. The molecule has 0 aliphatic carbocycles. The van der Waals surface area contributed by atoms with Crippen LogP contribution < -0.4 is 5.32 Å². The number of aromatic nitrogens is 1. The summed E-state index contributed by atoms with van der Waals surface area (Å²) >= 11 is 1.73. The van der Waals surface area contributed by atoms with Crippen molar-refractivity contribution >= 4 is 23.5 Å². The molecule has 14 heavy (non-hydrogen) atoms. The number of hydrogen-bond acceptors (Lipinski definition) is 3. The van der Waals surface area contributed by atoms with E-state index in [0.717, 1.165) is 18.6 Å². The van der Waals surface area contributed by atoms with E-state index in [9.17, 15) is 4.79 Å². The molecule has 2 rings (SSSR count). The third-order valence-corrected chi connectivity index (χ3v) is 3.51. The van der Waals surface area contributed by atoms with Crippen LogP contribution in [0.15, 0.2) is 24.4 Å². The van der Waals surface area contributed by atoms with Gasteiger partial charge in [0.25, 0.3) is 0 Å². The van der Waals surface area contributed by atoms with Crippen molar-refractivity contribution in [3.8, 4) is 0 Å². The average Bonchev–Trinajstić information content (AvgIpc) is 2.72. The van der Waals surface area contributed by atoms with E-state index in [2.05, 4.69) is 10.3 Å². The summed E-state index contributed by atoms with van der Waals surface area (Å²) in [7, 11) is 0. The second-order valence-electron chi connectivity index (χ2n) is 3.21. The number of thioether (sulfide) groups is 1. The van der Waals surface area contributed by atoms with Gasteiger partial charge in [-0.3, -0.25) is 4.79 Å². The Balaban J connectivity index is 1.94. The van der Waals surface area contributed by atoms with Crippen molar-refractivity contribution in [2.24, 2.45) is 0 Å². The van der Waals surface area contributed by atoms with Crippen LogP contribution in [-0.2, 0) is 4.79 Å². The largest absolute Gasteiger partial charge is 0.310 e. The Hall–Kier alpha value is -1.03. The SMILES string of the molecule is O=C(Nc1ccccn1)C1CCCS1. The molecule has 0 radical (unpaired) electrons. The van der Waals surface area contributed by atoms with Crippen molar-refractivity contribution in [3.63, 3.8) is 0 Å². The van der Waals surface area contributed by atoms with Crippen molar-refractivity contribution in [2.75, 3.05) is 11.1 Å². The first-order valence-electron chi connectivity index (χ1n) is 4.70. The molecule has 4 heteroatoms. The molecular formula is C10H12N2OS. The highest BCUT2D eigenvalue weighted by atomic mass is 32.2. The van der Waals surface area contributed by atoms with Crippen molar-refractivity contribution in [1.82, 2.24) is 4.98 Å². The lowest BCUT2D eigenvalue weighted by molar-refractivity contribution is -0.115. The summed E-state index contributed by atoms with van der Waals surface area (Å²) < 4.78 is 0. The Bertz CT molecular complexity index is 309. The Labute approximate surface area is 87.3 Å². The van der Waals surface area contributed by atoms with Crippen LogP contribution in [0.5, 0.6) is 0 Å². The molecule has 74 valence electrons. The summed E-state index contributed by atoms with van der Waals surface area (Å²) in [5.41, 5.74) is 0. The maximum absolute atomic E-state index is 11.6. The van der Waals surface area contributed by atoms with Gasteiger partial charge in [-0.2, -0.15) is 0 Å². The fourth-order valence-corrected chi connectivity index (χ4v) is 2.59. The van der Waals surface area contributed by atoms with Crippen LogP contribution in [0, 0.1) is 0 Å². The molecule has 1 atom stereocenters. The number of rotatable bonds is 2. The van der Waals surface area contributed by atoms with Crippen molar-refractivity contribution in [2.45, 2.75) is 18.1 Å². The van der Waals surface area contributed by atoms with Crippen LogP contribution >= 0.6 is 11.8 Å². The monoisotopic (exact) mass is 208 g/mol. The van der Waals surface area contributed by atoms with Gasteiger partial charge < -0.3 is 5.32 Å². The summed E-state index contributed by atoms with van der Waals surface area (Å²) in [6.07, 6.45) is 3.81. The fourth-order valence-electron chi connectivity index (χ4n) is 1.43. The number of hydrogen-bond donors (Lipinski definition) is 1. The number of nitrogens with one attached hydrogen (secondary N) is 1. The Morgan fingerprint density at radius 2 is 2.50 bits per heavy atom. The third kappa shape index (κ3) is 2.26. The van der Waals surface area contributed by atoms with Gasteiger partial charge in [0.15, 0.2) is 0 Å². The predicted molar refractivity (Wildman–Crippen MR) is 58.3 cm³/mol. The van der Waals surface area contributed by atoms with E-state index < -0.39 is 0 Å². The molecule has 1 amide bonds. The minimum atomic E-state index is 0.0891. The number of carbonyl (C=O) groups is 1. The molecular weight excluding hydrogens is 196 g/mol. The Kier molecular flexibility index (Phi) is 3.03. The Morgan fingerprint density at radius 3 is 3.14 bits per heavy atom. The highest BCUT2D eigenvalue weighted by Gasteiger charge is 2.23. The lowest BCUT2D eigenvalue weighted by atomic mass is 10.2. The summed E-state index contributed by atoms with van der Waals surface area (Å²) in [5, 5.41) is 2.94. The predicted octanol–water partition coefficient (Wildman–Crippen LogP) is 1.92. The van der Waals surface area contributed by atoms with E-state index in [0.29, 0.717) is 5.82 Å². The lowest BCUT2D eigenvalue weighted by Crippen LogP contribution is -2.23. The normalized spacial score (nSPS) is 20.7. The van der Waals surface area contributed by atoms with Crippen LogP contribution in [0.1, 0.15) is 12.8 Å². The first kappa shape index (κ1) is 9.52. The van der Waals surface area contributed by atoms with Crippen LogP contribution in [-0.4, -0.2) is 21.9 Å². The smallest absolute Gasteiger partial charge is 0.238 e. The first-order valence-corrected chi connectivity index (χ1v) is 5.74. The zero-order valence-corrected chi connectivity index (χ0v) is 8.59. The van der Waals surface area contributed by atoms with Crippen LogP contribution in [0.25, 0.3) is 0 Å². The van der Waals surface area contributed by atoms with Gasteiger partial charge in [0.1, 0.15) is 5.82 Å². The summed E-state index contributed by atoms with van der Waals surface area (Å²) in [6, 6.07) is 5.50. The van der Waals surface area contributed by atoms with Crippen molar-refractivity contribution in [1.29, 1.82) is 0 Å². The fraction of sp³-hybridized carbons (Fsp3) is 0.400. The van der Waals surface area contributed by atoms with Crippen molar-refractivity contribution in [3.05, 3.63) is 24.4 Å². The number of anilines is 1. The maximum Gasteiger partial charge on any atom is 0.238 e. The second-order valence-corrected chi connectivity index (χ2v) is 4.52. The molecule has 1 N–H and O–H groups in total. The van der Waals surface area contributed by atoms with Crippen LogP contribution in [0.4, 0.5) is 5.82 Å². The molecule has 3 nitrogen and oxygen atoms in total. The zero-order chi connectivity index (χ0) is 9.80.